The lowest BCUT2D eigenvalue weighted by atomic mass is 10.1. The van der Waals surface area contributed by atoms with Gasteiger partial charge in [-0.2, -0.15) is 0 Å². The van der Waals surface area contributed by atoms with Gasteiger partial charge >= 0.3 is 0 Å². The molecule has 0 spiro atoms. The lowest BCUT2D eigenvalue weighted by Gasteiger charge is -2.26. The van der Waals surface area contributed by atoms with Gasteiger partial charge in [-0.3, -0.25) is 9.59 Å². The van der Waals surface area contributed by atoms with Crippen LogP contribution in [-0.2, 0) is 6.54 Å². The predicted molar refractivity (Wildman–Crippen MR) is 146 cm³/mol. The highest BCUT2D eigenvalue weighted by Gasteiger charge is 2.28. The Hall–Kier alpha value is -3.09. The second kappa shape index (κ2) is 11.3. The molecule has 0 radical (unpaired) electrons. The molecule has 2 aliphatic rings. The summed E-state index contributed by atoms with van der Waals surface area (Å²) >= 11 is 1.58. The molecule has 1 saturated heterocycles. The van der Waals surface area contributed by atoms with Crippen LogP contribution < -0.4 is 10.2 Å². The van der Waals surface area contributed by atoms with Crippen molar-refractivity contribution in [1.29, 1.82) is 0 Å². The first kappa shape index (κ1) is 24.6. The average molecular weight is 500 g/mol. The Bertz CT molecular complexity index is 1240. The zero-order valence-electron chi connectivity index (χ0n) is 20.8. The molecule has 0 aromatic heterocycles. The maximum absolute atomic E-state index is 13.7. The monoisotopic (exact) mass is 499 g/mol. The number of fused-ring (bicyclic) bond motifs is 2. The molecule has 5 nitrogen and oxygen atoms in total. The van der Waals surface area contributed by atoms with E-state index in [1.54, 1.807) is 11.8 Å². The summed E-state index contributed by atoms with van der Waals surface area (Å²) in [5.74, 6) is -0.137. The predicted octanol–water partition coefficient (Wildman–Crippen LogP) is 5.91. The Kier molecular flexibility index (Phi) is 7.73. The first-order chi connectivity index (χ1) is 17.6. The van der Waals surface area contributed by atoms with Crippen LogP contribution in [0, 0.1) is 6.92 Å². The van der Waals surface area contributed by atoms with E-state index in [-0.39, 0.29) is 11.8 Å². The van der Waals surface area contributed by atoms with Gasteiger partial charge in [0.25, 0.3) is 11.8 Å². The maximum Gasteiger partial charge on any atom is 0.259 e. The number of benzene rings is 3. The van der Waals surface area contributed by atoms with Gasteiger partial charge in [0.05, 0.1) is 17.8 Å². The highest BCUT2D eigenvalue weighted by atomic mass is 32.2. The second-order valence-corrected chi connectivity index (χ2v) is 10.8. The number of carbonyl (C=O) groups excluding carboxylic acids is 2. The summed E-state index contributed by atoms with van der Waals surface area (Å²) in [6.07, 6.45) is 4.83. The third-order valence-corrected chi connectivity index (χ3v) is 8.08. The van der Waals surface area contributed by atoms with Crippen molar-refractivity contribution in [3.63, 3.8) is 0 Å². The van der Waals surface area contributed by atoms with Crippen molar-refractivity contribution in [2.75, 3.05) is 31.1 Å². The number of nitrogens with zero attached hydrogens (tertiary/aromatic N) is 2. The summed E-state index contributed by atoms with van der Waals surface area (Å²) in [6.45, 7) is 6.52. The fraction of sp³-hybridized carbons (Fsp3) is 0.333. The molecule has 0 aliphatic carbocycles. The summed E-state index contributed by atoms with van der Waals surface area (Å²) in [6, 6.07) is 21.7. The average Bonchev–Trinajstić information content (AvgIpc) is 3.02. The van der Waals surface area contributed by atoms with E-state index in [0.717, 1.165) is 34.0 Å². The molecular weight excluding hydrogens is 466 g/mol. The molecule has 36 heavy (non-hydrogen) atoms. The van der Waals surface area contributed by atoms with Crippen LogP contribution in [0.15, 0.2) is 76.5 Å². The van der Waals surface area contributed by atoms with Gasteiger partial charge in [0.15, 0.2) is 0 Å². The standard InChI is InChI=1S/C30H33N3O2S/c1-22-10-12-23(13-11-22)21-33-26-20-24(29(34)31-16-7-19-32-17-5-2-6-18-32)14-15-28(26)36-27-9-4-3-8-25(27)30(33)35/h3-4,8-15,20H,2,5-7,16-19,21H2,1H3,(H,31,34). The number of rotatable bonds is 7. The molecule has 1 N–H and O–H groups in total. The molecule has 0 saturated carbocycles. The van der Waals surface area contributed by atoms with Crippen molar-refractivity contribution in [3.05, 3.63) is 89.0 Å². The summed E-state index contributed by atoms with van der Waals surface area (Å²) in [7, 11) is 0. The SMILES string of the molecule is Cc1ccc(CN2C(=O)c3ccccc3Sc3ccc(C(=O)NCCCN4CCCCC4)cc32)cc1. The molecule has 2 amide bonds. The second-order valence-electron chi connectivity index (χ2n) is 9.67. The van der Waals surface area contributed by atoms with E-state index in [4.69, 9.17) is 0 Å². The number of piperidine rings is 1. The first-order valence-electron chi connectivity index (χ1n) is 12.9. The van der Waals surface area contributed by atoms with Crippen molar-refractivity contribution in [2.45, 2.75) is 48.9 Å². The minimum Gasteiger partial charge on any atom is -0.352 e. The number of hydrogen-bond donors (Lipinski definition) is 1. The van der Waals surface area contributed by atoms with Crippen LogP contribution in [0.5, 0.6) is 0 Å². The Morgan fingerprint density at radius 3 is 2.53 bits per heavy atom. The third-order valence-electron chi connectivity index (χ3n) is 6.94. The minimum atomic E-state index is -0.0917. The van der Waals surface area contributed by atoms with Crippen molar-refractivity contribution in [3.8, 4) is 0 Å². The van der Waals surface area contributed by atoms with E-state index in [1.807, 2.05) is 47.4 Å². The van der Waals surface area contributed by atoms with E-state index < -0.39 is 0 Å². The van der Waals surface area contributed by atoms with Gasteiger partial charge in [0.1, 0.15) is 0 Å². The van der Waals surface area contributed by atoms with E-state index in [0.29, 0.717) is 24.2 Å². The van der Waals surface area contributed by atoms with Crippen molar-refractivity contribution >= 4 is 29.3 Å². The fourth-order valence-electron chi connectivity index (χ4n) is 4.88. The van der Waals surface area contributed by atoms with E-state index in [2.05, 4.69) is 41.4 Å². The lowest BCUT2D eigenvalue weighted by Crippen LogP contribution is -2.33. The molecule has 0 bridgehead atoms. The van der Waals surface area contributed by atoms with Gasteiger partial charge in [0.2, 0.25) is 0 Å². The Balaban J connectivity index is 1.36. The summed E-state index contributed by atoms with van der Waals surface area (Å²) in [4.78, 5) is 33.0. The van der Waals surface area contributed by atoms with Crippen molar-refractivity contribution < 1.29 is 9.59 Å². The van der Waals surface area contributed by atoms with Crippen molar-refractivity contribution in [1.82, 2.24) is 10.2 Å². The number of likely N-dealkylation sites (tertiary alicyclic amines) is 1. The lowest BCUT2D eigenvalue weighted by molar-refractivity contribution is 0.0947. The fourth-order valence-corrected chi connectivity index (χ4v) is 5.94. The highest BCUT2D eigenvalue weighted by molar-refractivity contribution is 7.99. The van der Waals surface area contributed by atoms with Gasteiger partial charge in [-0.1, -0.05) is 60.1 Å². The molecule has 0 unspecified atom stereocenters. The zero-order valence-corrected chi connectivity index (χ0v) is 21.7. The Morgan fingerprint density at radius 1 is 0.944 bits per heavy atom. The zero-order chi connectivity index (χ0) is 24.9. The van der Waals surface area contributed by atoms with Crippen LogP contribution in [0.1, 0.15) is 57.5 Å². The molecule has 186 valence electrons. The number of amides is 2. The smallest absolute Gasteiger partial charge is 0.259 e. The molecule has 6 heteroatoms. The number of anilines is 1. The van der Waals surface area contributed by atoms with E-state index >= 15 is 0 Å². The van der Waals surface area contributed by atoms with E-state index in [9.17, 15) is 9.59 Å². The highest BCUT2D eigenvalue weighted by Crippen LogP contribution is 2.42. The third kappa shape index (κ3) is 5.66. The molecular formula is C30H33N3O2S. The molecule has 0 atom stereocenters. The topological polar surface area (TPSA) is 52.7 Å². The summed E-state index contributed by atoms with van der Waals surface area (Å²) in [5.41, 5.74) is 4.29. The minimum absolute atomic E-state index is 0.0449. The van der Waals surface area contributed by atoms with Crippen LogP contribution >= 0.6 is 11.8 Å². The van der Waals surface area contributed by atoms with Gasteiger partial charge in [-0.15, -0.1) is 0 Å². The van der Waals surface area contributed by atoms with Gasteiger partial charge < -0.3 is 15.1 Å². The molecule has 5 rings (SSSR count). The number of hydrogen-bond acceptors (Lipinski definition) is 4. The number of nitrogens with one attached hydrogen (secondary N) is 1. The molecule has 1 fully saturated rings. The first-order valence-corrected chi connectivity index (χ1v) is 13.7. The Morgan fingerprint density at radius 2 is 1.72 bits per heavy atom. The van der Waals surface area contributed by atoms with Gasteiger partial charge in [0, 0.05) is 21.9 Å². The van der Waals surface area contributed by atoms with Gasteiger partial charge in [-0.05, 0) is 81.7 Å². The molecule has 3 aromatic carbocycles. The molecule has 2 heterocycles. The largest absolute Gasteiger partial charge is 0.352 e. The van der Waals surface area contributed by atoms with E-state index in [1.165, 1.54) is 37.9 Å². The van der Waals surface area contributed by atoms with Crippen LogP contribution in [-0.4, -0.2) is 42.9 Å². The molecule has 2 aliphatic heterocycles. The number of aryl methyl sites for hydroxylation is 1. The quantitative estimate of drug-likeness (QED) is 0.411. The van der Waals surface area contributed by atoms with Crippen LogP contribution in [0.4, 0.5) is 5.69 Å². The van der Waals surface area contributed by atoms with Crippen LogP contribution in [0.25, 0.3) is 0 Å². The normalized spacial score (nSPS) is 15.7. The van der Waals surface area contributed by atoms with Crippen LogP contribution in [0.2, 0.25) is 0 Å². The Labute approximate surface area is 217 Å². The van der Waals surface area contributed by atoms with Gasteiger partial charge in [-0.25, -0.2) is 0 Å². The molecule has 3 aromatic rings. The summed E-state index contributed by atoms with van der Waals surface area (Å²) < 4.78 is 0. The number of carbonyl (C=O) groups is 2. The van der Waals surface area contributed by atoms with Crippen LogP contribution in [0.3, 0.4) is 0 Å². The summed E-state index contributed by atoms with van der Waals surface area (Å²) in [5, 5.41) is 3.08. The maximum atomic E-state index is 13.7. The van der Waals surface area contributed by atoms with Crippen molar-refractivity contribution in [2.24, 2.45) is 0 Å².